The SMILES string of the molecule is CCc1cc(C(C)=N)ccc1NC(=O)[C@H](O)[C@H]1OCCN(c2ccc3c(c2)C(=O)N(C)C3)C1=O. The third-order valence-corrected chi connectivity index (χ3v) is 6.24. The number of aliphatic hydroxyl groups excluding tert-OH is 1. The van der Waals surface area contributed by atoms with Crippen molar-refractivity contribution < 1.29 is 24.2 Å². The topological polar surface area (TPSA) is 123 Å². The van der Waals surface area contributed by atoms with E-state index in [1.807, 2.05) is 19.1 Å². The van der Waals surface area contributed by atoms with E-state index >= 15 is 0 Å². The van der Waals surface area contributed by atoms with Gasteiger partial charge in [0.2, 0.25) is 0 Å². The van der Waals surface area contributed by atoms with Gasteiger partial charge in [-0.05, 0) is 54.3 Å². The van der Waals surface area contributed by atoms with Crippen LogP contribution in [0.25, 0.3) is 0 Å². The number of hydrogen-bond donors (Lipinski definition) is 3. The van der Waals surface area contributed by atoms with Gasteiger partial charge in [-0.1, -0.05) is 19.1 Å². The average molecular weight is 465 g/mol. The van der Waals surface area contributed by atoms with Crippen LogP contribution in [0.3, 0.4) is 0 Å². The van der Waals surface area contributed by atoms with Crippen molar-refractivity contribution in [1.29, 1.82) is 5.41 Å². The molecule has 4 rings (SSSR count). The van der Waals surface area contributed by atoms with Gasteiger partial charge in [-0.3, -0.25) is 14.4 Å². The number of nitrogens with zero attached hydrogens (tertiary/aromatic N) is 2. The zero-order chi connectivity index (χ0) is 24.6. The first kappa shape index (κ1) is 23.6. The molecule has 3 amide bonds. The Hall–Kier alpha value is -3.56. The van der Waals surface area contributed by atoms with Gasteiger partial charge in [-0.2, -0.15) is 0 Å². The normalized spacial score (nSPS) is 18.6. The van der Waals surface area contributed by atoms with Crippen LogP contribution in [-0.2, 0) is 27.3 Å². The third kappa shape index (κ3) is 4.32. The number of carbonyl (C=O) groups is 3. The molecule has 9 nitrogen and oxygen atoms in total. The third-order valence-electron chi connectivity index (χ3n) is 6.24. The van der Waals surface area contributed by atoms with Crippen molar-refractivity contribution in [1.82, 2.24) is 4.90 Å². The van der Waals surface area contributed by atoms with E-state index in [2.05, 4.69) is 5.32 Å². The number of amides is 3. The number of fused-ring (bicyclic) bond motifs is 1. The number of hydrogen-bond acceptors (Lipinski definition) is 6. The maximum absolute atomic E-state index is 13.2. The Morgan fingerprint density at radius 1 is 1.26 bits per heavy atom. The summed E-state index contributed by atoms with van der Waals surface area (Å²) >= 11 is 0. The quantitative estimate of drug-likeness (QED) is 0.564. The van der Waals surface area contributed by atoms with E-state index in [0.717, 1.165) is 16.7 Å². The minimum Gasteiger partial charge on any atom is -0.380 e. The number of carbonyl (C=O) groups excluding carboxylic acids is 3. The van der Waals surface area contributed by atoms with E-state index in [0.29, 0.717) is 35.6 Å². The van der Waals surface area contributed by atoms with Gasteiger partial charge in [0.1, 0.15) is 0 Å². The van der Waals surface area contributed by atoms with Crippen molar-refractivity contribution in [3.05, 3.63) is 58.7 Å². The van der Waals surface area contributed by atoms with Gasteiger partial charge in [0.25, 0.3) is 17.7 Å². The molecule has 0 radical (unpaired) electrons. The number of ether oxygens (including phenoxy) is 1. The molecule has 1 saturated heterocycles. The summed E-state index contributed by atoms with van der Waals surface area (Å²) in [5.74, 6) is -1.40. The predicted octanol–water partition coefficient (Wildman–Crippen LogP) is 1.95. The lowest BCUT2D eigenvalue weighted by Gasteiger charge is -2.34. The van der Waals surface area contributed by atoms with Crippen molar-refractivity contribution in [2.45, 2.75) is 39.0 Å². The second-order valence-electron chi connectivity index (χ2n) is 8.57. The summed E-state index contributed by atoms with van der Waals surface area (Å²) in [6.07, 6.45) is -2.47. The molecule has 0 spiro atoms. The first-order valence-corrected chi connectivity index (χ1v) is 11.2. The largest absolute Gasteiger partial charge is 0.380 e. The highest BCUT2D eigenvalue weighted by atomic mass is 16.5. The Morgan fingerprint density at radius 2 is 2.03 bits per heavy atom. The first-order valence-electron chi connectivity index (χ1n) is 11.2. The van der Waals surface area contributed by atoms with Crippen LogP contribution in [0, 0.1) is 5.41 Å². The summed E-state index contributed by atoms with van der Waals surface area (Å²) in [6.45, 7) is 4.52. The standard InChI is InChI=1S/C25H28N4O5/c1-4-15-11-16(14(2)26)6-8-20(15)27-23(31)21(30)22-25(33)29(9-10-34-22)18-7-5-17-13-28(3)24(32)19(17)12-18/h5-8,11-12,21-22,26,30H,4,9-10,13H2,1-3H3,(H,27,31)/t21-,22-/m1/s1. The van der Waals surface area contributed by atoms with Gasteiger partial charge in [0.15, 0.2) is 12.2 Å². The monoisotopic (exact) mass is 464 g/mol. The van der Waals surface area contributed by atoms with Gasteiger partial charge in [0, 0.05) is 42.8 Å². The molecule has 0 saturated carbocycles. The number of aryl methyl sites for hydroxylation is 1. The van der Waals surface area contributed by atoms with E-state index in [1.165, 1.54) is 4.90 Å². The smallest absolute Gasteiger partial charge is 0.259 e. The summed E-state index contributed by atoms with van der Waals surface area (Å²) in [6, 6.07) is 10.5. The zero-order valence-electron chi connectivity index (χ0n) is 19.4. The van der Waals surface area contributed by atoms with Crippen LogP contribution in [0.2, 0.25) is 0 Å². The van der Waals surface area contributed by atoms with E-state index < -0.39 is 24.0 Å². The molecule has 2 heterocycles. The van der Waals surface area contributed by atoms with Gasteiger partial charge >= 0.3 is 0 Å². The highest BCUT2D eigenvalue weighted by Crippen LogP contribution is 2.28. The lowest BCUT2D eigenvalue weighted by molar-refractivity contribution is -0.150. The molecule has 0 aliphatic carbocycles. The van der Waals surface area contributed by atoms with Crippen molar-refractivity contribution in [3.8, 4) is 0 Å². The molecular formula is C25H28N4O5. The van der Waals surface area contributed by atoms with Crippen LogP contribution in [0.15, 0.2) is 36.4 Å². The van der Waals surface area contributed by atoms with Crippen LogP contribution >= 0.6 is 0 Å². The Bertz CT molecular complexity index is 1180. The Kier molecular flexibility index (Phi) is 6.49. The molecule has 1 fully saturated rings. The number of nitrogens with one attached hydrogen (secondary N) is 2. The minimum atomic E-state index is -1.72. The first-order chi connectivity index (χ1) is 16.2. The molecule has 2 atom stereocenters. The van der Waals surface area contributed by atoms with Gasteiger partial charge in [0.05, 0.1) is 6.61 Å². The summed E-state index contributed by atoms with van der Waals surface area (Å²) < 4.78 is 5.50. The maximum Gasteiger partial charge on any atom is 0.259 e. The van der Waals surface area contributed by atoms with Gasteiger partial charge < -0.3 is 30.4 Å². The van der Waals surface area contributed by atoms with Crippen LogP contribution < -0.4 is 10.2 Å². The number of aliphatic hydroxyl groups is 1. The Balaban J connectivity index is 1.50. The minimum absolute atomic E-state index is 0.107. The molecular weight excluding hydrogens is 436 g/mol. The summed E-state index contributed by atoms with van der Waals surface area (Å²) in [5, 5.41) is 21.2. The van der Waals surface area contributed by atoms with Gasteiger partial charge in [-0.25, -0.2) is 0 Å². The molecule has 0 bridgehead atoms. The molecule has 2 aromatic rings. The Morgan fingerprint density at radius 3 is 2.74 bits per heavy atom. The Labute approximate surface area is 197 Å². The maximum atomic E-state index is 13.2. The van der Waals surface area contributed by atoms with Crippen LogP contribution in [0.4, 0.5) is 11.4 Å². The molecule has 0 unspecified atom stereocenters. The molecule has 0 aromatic heterocycles. The van der Waals surface area contributed by atoms with E-state index in [4.69, 9.17) is 10.1 Å². The predicted molar refractivity (Wildman–Crippen MR) is 127 cm³/mol. The highest BCUT2D eigenvalue weighted by molar-refractivity contribution is 6.05. The molecule has 2 aliphatic rings. The van der Waals surface area contributed by atoms with Gasteiger partial charge in [-0.15, -0.1) is 0 Å². The number of rotatable bonds is 6. The summed E-state index contributed by atoms with van der Waals surface area (Å²) in [5.41, 5.74) is 4.45. The molecule has 178 valence electrons. The van der Waals surface area contributed by atoms with E-state index in [-0.39, 0.29) is 19.1 Å². The lowest BCUT2D eigenvalue weighted by Crippen LogP contribution is -2.55. The fraction of sp³-hybridized carbons (Fsp3) is 0.360. The zero-order valence-corrected chi connectivity index (χ0v) is 19.4. The van der Waals surface area contributed by atoms with Crippen molar-refractivity contribution in [2.24, 2.45) is 0 Å². The number of anilines is 2. The molecule has 3 N–H and O–H groups in total. The van der Waals surface area contributed by atoms with Crippen LogP contribution in [0.5, 0.6) is 0 Å². The lowest BCUT2D eigenvalue weighted by atomic mass is 10.0. The van der Waals surface area contributed by atoms with Crippen molar-refractivity contribution in [3.63, 3.8) is 0 Å². The number of benzene rings is 2. The van der Waals surface area contributed by atoms with Crippen molar-refractivity contribution in [2.75, 3.05) is 30.4 Å². The van der Waals surface area contributed by atoms with Crippen LogP contribution in [-0.4, -0.2) is 65.8 Å². The summed E-state index contributed by atoms with van der Waals surface area (Å²) in [4.78, 5) is 41.4. The molecule has 2 aliphatic heterocycles. The summed E-state index contributed by atoms with van der Waals surface area (Å²) in [7, 11) is 1.72. The molecule has 2 aromatic carbocycles. The van der Waals surface area contributed by atoms with E-state index in [1.54, 1.807) is 43.1 Å². The number of morpholine rings is 1. The van der Waals surface area contributed by atoms with E-state index in [9.17, 15) is 19.5 Å². The highest BCUT2D eigenvalue weighted by Gasteiger charge is 2.40. The second kappa shape index (κ2) is 9.36. The van der Waals surface area contributed by atoms with Crippen molar-refractivity contribution >= 4 is 34.8 Å². The fourth-order valence-corrected chi connectivity index (χ4v) is 4.28. The second-order valence-corrected chi connectivity index (χ2v) is 8.57. The van der Waals surface area contributed by atoms with Crippen LogP contribution in [0.1, 0.15) is 40.9 Å². The fourth-order valence-electron chi connectivity index (χ4n) is 4.28. The average Bonchev–Trinajstić information content (AvgIpc) is 3.11. The molecule has 9 heteroatoms. The molecule has 34 heavy (non-hydrogen) atoms.